The lowest BCUT2D eigenvalue weighted by Gasteiger charge is -2.10. The van der Waals surface area contributed by atoms with Crippen molar-refractivity contribution in [3.8, 4) is 0 Å². The molecule has 0 aromatic heterocycles. The van der Waals surface area contributed by atoms with Crippen LogP contribution in [0.15, 0.2) is 12.1 Å². The van der Waals surface area contributed by atoms with Gasteiger partial charge in [0, 0.05) is 36.8 Å². The van der Waals surface area contributed by atoms with Gasteiger partial charge in [0.05, 0.1) is 0 Å². The first-order chi connectivity index (χ1) is 8.40. The molecule has 1 rings (SSSR count). The highest BCUT2D eigenvalue weighted by molar-refractivity contribution is 5.76. The van der Waals surface area contributed by atoms with E-state index in [9.17, 15) is 18.0 Å². The fourth-order valence-corrected chi connectivity index (χ4v) is 1.37. The second-order valence-corrected chi connectivity index (χ2v) is 4.15. The molecule has 0 spiro atoms. The monoisotopic (exact) mass is 260 g/mol. The van der Waals surface area contributed by atoms with E-state index in [0.29, 0.717) is 0 Å². The third-order valence-corrected chi connectivity index (χ3v) is 2.11. The predicted molar refractivity (Wildman–Crippen MR) is 62.7 cm³/mol. The molecular weight excluding hydrogens is 245 g/mol. The van der Waals surface area contributed by atoms with Crippen LogP contribution in [0.5, 0.6) is 0 Å². The Labute approximate surface area is 103 Å². The van der Waals surface area contributed by atoms with E-state index >= 15 is 0 Å². The molecule has 1 aromatic rings. The summed E-state index contributed by atoms with van der Waals surface area (Å²) in [6, 6.07) is 1.73. The Morgan fingerprint density at radius 2 is 1.78 bits per heavy atom. The zero-order chi connectivity index (χ0) is 13.7. The number of amides is 1. The van der Waals surface area contributed by atoms with Crippen molar-refractivity contribution in [2.45, 2.75) is 26.3 Å². The fraction of sp³-hybridized carbons (Fsp3) is 0.417. The van der Waals surface area contributed by atoms with Gasteiger partial charge in [0.1, 0.15) is 0 Å². The molecular formula is C12H15F3N2O. The van der Waals surface area contributed by atoms with Crippen molar-refractivity contribution in [3.05, 3.63) is 29.6 Å². The SMILES string of the molecule is CC(C)NC(=O)CCNc1cc(F)c(F)c(F)c1. The number of hydrogen-bond acceptors (Lipinski definition) is 2. The van der Waals surface area contributed by atoms with Gasteiger partial charge in [0.15, 0.2) is 17.5 Å². The molecule has 0 radical (unpaired) electrons. The molecule has 0 bridgehead atoms. The largest absolute Gasteiger partial charge is 0.384 e. The molecule has 0 aliphatic rings. The number of nitrogens with one attached hydrogen (secondary N) is 2. The Morgan fingerprint density at radius 1 is 1.22 bits per heavy atom. The van der Waals surface area contributed by atoms with E-state index in [-0.39, 0.29) is 30.6 Å². The van der Waals surface area contributed by atoms with Gasteiger partial charge in [0.25, 0.3) is 0 Å². The van der Waals surface area contributed by atoms with Crippen molar-refractivity contribution in [1.29, 1.82) is 0 Å². The molecule has 0 unspecified atom stereocenters. The fourth-order valence-electron chi connectivity index (χ4n) is 1.37. The molecule has 0 aliphatic carbocycles. The summed E-state index contributed by atoms with van der Waals surface area (Å²) < 4.78 is 38.4. The van der Waals surface area contributed by atoms with Crippen molar-refractivity contribution >= 4 is 11.6 Å². The molecule has 100 valence electrons. The molecule has 0 aliphatic heterocycles. The highest BCUT2D eigenvalue weighted by Crippen LogP contribution is 2.17. The van der Waals surface area contributed by atoms with Gasteiger partial charge in [-0.25, -0.2) is 13.2 Å². The minimum absolute atomic E-state index is 0.0400. The first kappa shape index (κ1) is 14.3. The van der Waals surface area contributed by atoms with Gasteiger partial charge in [-0.1, -0.05) is 0 Å². The first-order valence-electron chi connectivity index (χ1n) is 5.58. The van der Waals surface area contributed by atoms with E-state index < -0.39 is 17.5 Å². The van der Waals surface area contributed by atoms with Gasteiger partial charge >= 0.3 is 0 Å². The third-order valence-electron chi connectivity index (χ3n) is 2.11. The lowest BCUT2D eigenvalue weighted by Crippen LogP contribution is -2.31. The maximum Gasteiger partial charge on any atom is 0.221 e. The smallest absolute Gasteiger partial charge is 0.221 e. The number of carbonyl (C=O) groups excluding carboxylic acids is 1. The Bertz CT molecular complexity index is 412. The molecule has 6 heteroatoms. The second-order valence-electron chi connectivity index (χ2n) is 4.15. The van der Waals surface area contributed by atoms with Crippen LogP contribution in [0.1, 0.15) is 20.3 Å². The molecule has 0 saturated carbocycles. The molecule has 1 aromatic carbocycles. The van der Waals surface area contributed by atoms with Crippen LogP contribution in [-0.2, 0) is 4.79 Å². The van der Waals surface area contributed by atoms with Crippen LogP contribution in [-0.4, -0.2) is 18.5 Å². The van der Waals surface area contributed by atoms with Crippen molar-refractivity contribution in [2.24, 2.45) is 0 Å². The number of rotatable bonds is 5. The van der Waals surface area contributed by atoms with E-state index in [2.05, 4.69) is 10.6 Å². The van der Waals surface area contributed by atoms with E-state index in [4.69, 9.17) is 0 Å². The summed E-state index contributed by atoms with van der Waals surface area (Å²) in [5, 5.41) is 5.32. The van der Waals surface area contributed by atoms with Crippen LogP contribution in [0, 0.1) is 17.5 Å². The number of carbonyl (C=O) groups is 1. The molecule has 2 N–H and O–H groups in total. The summed E-state index contributed by atoms with van der Waals surface area (Å²) >= 11 is 0. The van der Waals surface area contributed by atoms with Crippen LogP contribution >= 0.6 is 0 Å². The highest BCUT2D eigenvalue weighted by atomic mass is 19.2. The summed E-state index contributed by atoms with van der Waals surface area (Å²) in [5.74, 6) is -4.19. The topological polar surface area (TPSA) is 41.1 Å². The Morgan fingerprint density at radius 3 is 2.28 bits per heavy atom. The van der Waals surface area contributed by atoms with Crippen LogP contribution in [0.2, 0.25) is 0 Å². The highest BCUT2D eigenvalue weighted by Gasteiger charge is 2.10. The number of halogens is 3. The molecule has 3 nitrogen and oxygen atoms in total. The maximum atomic E-state index is 12.9. The van der Waals surface area contributed by atoms with E-state index in [0.717, 1.165) is 12.1 Å². The molecule has 0 atom stereocenters. The zero-order valence-electron chi connectivity index (χ0n) is 10.2. The molecule has 0 fully saturated rings. The van der Waals surface area contributed by atoms with Crippen LogP contribution in [0.25, 0.3) is 0 Å². The third kappa shape index (κ3) is 4.27. The summed E-state index contributed by atoms with van der Waals surface area (Å²) in [6.07, 6.45) is 0.165. The Hall–Kier alpha value is -1.72. The molecule has 0 heterocycles. The van der Waals surface area contributed by atoms with E-state index in [1.165, 1.54) is 0 Å². The van der Waals surface area contributed by atoms with Gasteiger partial charge in [-0.2, -0.15) is 0 Å². The quantitative estimate of drug-likeness (QED) is 0.798. The lowest BCUT2D eigenvalue weighted by atomic mass is 10.2. The van der Waals surface area contributed by atoms with Gasteiger partial charge in [0.2, 0.25) is 5.91 Å². The minimum atomic E-state index is -1.50. The van der Waals surface area contributed by atoms with Crippen LogP contribution in [0.4, 0.5) is 18.9 Å². The van der Waals surface area contributed by atoms with Crippen molar-refractivity contribution in [3.63, 3.8) is 0 Å². The van der Waals surface area contributed by atoms with E-state index in [1.807, 2.05) is 13.8 Å². The summed E-state index contributed by atoms with van der Waals surface area (Å²) in [6.45, 7) is 3.87. The average Bonchev–Trinajstić information content (AvgIpc) is 2.24. The summed E-state index contributed by atoms with van der Waals surface area (Å²) in [4.78, 5) is 11.3. The number of anilines is 1. The number of hydrogen-bond donors (Lipinski definition) is 2. The average molecular weight is 260 g/mol. The minimum Gasteiger partial charge on any atom is -0.384 e. The van der Waals surface area contributed by atoms with Gasteiger partial charge in [-0.3, -0.25) is 4.79 Å². The van der Waals surface area contributed by atoms with Crippen LogP contribution < -0.4 is 10.6 Å². The Balaban J connectivity index is 2.47. The van der Waals surface area contributed by atoms with E-state index in [1.54, 1.807) is 0 Å². The molecule has 0 saturated heterocycles. The van der Waals surface area contributed by atoms with Crippen molar-refractivity contribution in [1.82, 2.24) is 5.32 Å². The second kappa shape index (κ2) is 6.28. The standard InChI is InChI=1S/C12H15F3N2O/c1-7(2)17-11(18)3-4-16-8-5-9(13)12(15)10(14)6-8/h5-7,16H,3-4H2,1-2H3,(H,17,18). The van der Waals surface area contributed by atoms with Gasteiger partial charge in [-0.05, 0) is 13.8 Å². The number of benzene rings is 1. The van der Waals surface area contributed by atoms with Crippen molar-refractivity contribution in [2.75, 3.05) is 11.9 Å². The summed E-state index contributed by atoms with van der Waals surface area (Å²) in [5.41, 5.74) is 0.101. The molecule has 1 amide bonds. The Kier molecular flexibility index (Phi) is 5.00. The normalized spacial score (nSPS) is 10.6. The maximum absolute atomic E-state index is 12.9. The van der Waals surface area contributed by atoms with Gasteiger partial charge < -0.3 is 10.6 Å². The first-order valence-corrected chi connectivity index (χ1v) is 5.58. The zero-order valence-corrected chi connectivity index (χ0v) is 10.2. The van der Waals surface area contributed by atoms with Crippen LogP contribution in [0.3, 0.4) is 0 Å². The van der Waals surface area contributed by atoms with Gasteiger partial charge in [-0.15, -0.1) is 0 Å². The molecule has 18 heavy (non-hydrogen) atoms. The predicted octanol–water partition coefficient (Wildman–Crippen LogP) is 2.43. The van der Waals surface area contributed by atoms with Crippen molar-refractivity contribution < 1.29 is 18.0 Å². The lowest BCUT2D eigenvalue weighted by molar-refractivity contribution is -0.121. The summed E-state index contributed by atoms with van der Waals surface area (Å²) in [7, 11) is 0.